The SMILES string of the molecule is Cc1ccc(S(=O)(=O)n2c(C(=O)c3cnn(-c4ccc5[nH]c(C)nc5c4)c3N)cc3ccc(-c4ccc(F)cc4)cc32)cc1. The number of aromatic amines is 1. The smallest absolute Gasteiger partial charge is 0.268 e. The molecule has 0 saturated heterocycles. The van der Waals surface area contributed by atoms with Gasteiger partial charge in [-0.3, -0.25) is 4.79 Å². The van der Waals surface area contributed by atoms with Crippen molar-refractivity contribution in [1.82, 2.24) is 23.7 Å². The first kappa shape index (κ1) is 27.3. The lowest BCUT2D eigenvalue weighted by Gasteiger charge is -2.13. The molecule has 0 atom stereocenters. The van der Waals surface area contributed by atoms with Gasteiger partial charge in [-0.2, -0.15) is 5.10 Å². The minimum atomic E-state index is -4.25. The summed E-state index contributed by atoms with van der Waals surface area (Å²) in [5, 5.41) is 4.89. The zero-order chi connectivity index (χ0) is 30.7. The molecule has 3 N–H and O–H groups in total. The van der Waals surface area contributed by atoms with Crippen LogP contribution in [-0.4, -0.2) is 37.9 Å². The number of hydrogen-bond acceptors (Lipinski definition) is 6. The summed E-state index contributed by atoms with van der Waals surface area (Å²) in [6.45, 7) is 3.71. The Morgan fingerprint density at radius 1 is 0.886 bits per heavy atom. The van der Waals surface area contributed by atoms with Crippen LogP contribution >= 0.6 is 0 Å². The molecule has 0 radical (unpaired) electrons. The highest BCUT2D eigenvalue weighted by molar-refractivity contribution is 7.90. The van der Waals surface area contributed by atoms with Crippen LogP contribution in [0, 0.1) is 19.7 Å². The fourth-order valence-corrected chi connectivity index (χ4v) is 6.86. The number of anilines is 1. The van der Waals surface area contributed by atoms with Crippen molar-refractivity contribution < 1.29 is 17.6 Å². The van der Waals surface area contributed by atoms with Crippen molar-refractivity contribution in [1.29, 1.82) is 0 Å². The van der Waals surface area contributed by atoms with Crippen LogP contribution in [0.25, 0.3) is 38.8 Å². The number of halogens is 1. The molecule has 3 aromatic heterocycles. The van der Waals surface area contributed by atoms with Gasteiger partial charge in [-0.1, -0.05) is 42.0 Å². The predicted molar refractivity (Wildman–Crippen MR) is 167 cm³/mol. The topological polar surface area (TPSA) is 129 Å². The second-order valence-electron chi connectivity index (χ2n) is 10.6. The van der Waals surface area contributed by atoms with E-state index < -0.39 is 15.8 Å². The van der Waals surface area contributed by atoms with Gasteiger partial charge in [0.05, 0.1) is 38.9 Å². The van der Waals surface area contributed by atoms with E-state index in [1.807, 2.05) is 19.9 Å². The Morgan fingerprint density at radius 2 is 1.61 bits per heavy atom. The van der Waals surface area contributed by atoms with E-state index in [4.69, 9.17) is 5.73 Å². The van der Waals surface area contributed by atoms with Crippen LogP contribution < -0.4 is 5.73 Å². The van der Waals surface area contributed by atoms with Crippen LogP contribution in [0.4, 0.5) is 10.2 Å². The van der Waals surface area contributed by atoms with Gasteiger partial charge in [-0.05, 0) is 79.6 Å². The van der Waals surface area contributed by atoms with Gasteiger partial charge in [0.15, 0.2) is 0 Å². The first-order valence-corrected chi connectivity index (χ1v) is 15.1. The molecule has 0 fully saturated rings. The Hall–Kier alpha value is -5.55. The van der Waals surface area contributed by atoms with E-state index in [1.54, 1.807) is 54.6 Å². The first-order chi connectivity index (χ1) is 21.1. The molecule has 0 aliphatic rings. The second kappa shape index (κ2) is 10.0. The monoisotopic (exact) mass is 604 g/mol. The van der Waals surface area contributed by atoms with Gasteiger partial charge in [0, 0.05) is 5.39 Å². The third kappa shape index (κ3) is 4.45. The standard InChI is InChI=1S/C33H25FN6O3S/c1-19-3-12-26(13-4-19)44(42,43)40-30-15-22(21-7-9-24(34)10-8-21)5-6-23(30)16-31(40)32(41)27-18-36-39(33(27)35)25-11-14-28-29(17-25)38-20(2)37-28/h3-18H,35H2,1-2H3,(H,37,38). The van der Waals surface area contributed by atoms with Gasteiger partial charge in [0.1, 0.15) is 23.2 Å². The lowest BCUT2D eigenvalue weighted by atomic mass is 10.0. The summed E-state index contributed by atoms with van der Waals surface area (Å²) < 4.78 is 44.5. The van der Waals surface area contributed by atoms with Crippen molar-refractivity contribution in [3.63, 3.8) is 0 Å². The number of carbonyl (C=O) groups excluding carboxylic acids is 1. The number of rotatable bonds is 6. The average Bonchev–Trinajstić information content (AvgIpc) is 3.70. The number of hydrogen-bond donors (Lipinski definition) is 2. The molecule has 9 nitrogen and oxygen atoms in total. The summed E-state index contributed by atoms with van der Waals surface area (Å²) in [7, 11) is -4.25. The van der Waals surface area contributed by atoms with Crippen molar-refractivity contribution in [2.24, 2.45) is 0 Å². The largest absolute Gasteiger partial charge is 0.383 e. The Kier molecular flexibility index (Phi) is 6.22. The van der Waals surface area contributed by atoms with Crippen molar-refractivity contribution in [2.45, 2.75) is 18.7 Å². The molecule has 7 aromatic rings. The van der Waals surface area contributed by atoms with Crippen molar-refractivity contribution in [2.75, 3.05) is 5.73 Å². The third-order valence-corrected chi connectivity index (χ3v) is 9.35. The van der Waals surface area contributed by atoms with E-state index in [1.165, 1.54) is 41.2 Å². The molecule has 0 bridgehead atoms. The summed E-state index contributed by atoms with van der Waals surface area (Å²) >= 11 is 0. The Bertz CT molecular complexity index is 2350. The van der Waals surface area contributed by atoms with Crippen LogP contribution in [0.15, 0.2) is 102 Å². The van der Waals surface area contributed by atoms with Crippen molar-refractivity contribution in [3.8, 4) is 16.8 Å². The maximum Gasteiger partial charge on any atom is 0.268 e. The fraction of sp³-hybridized carbons (Fsp3) is 0.0606. The molecule has 0 amide bonds. The van der Waals surface area contributed by atoms with E-state index in [0.717, 1.165) is 20.9 Å². The maximum absolute atomic E-state index is 14.2. The van der Waals surface area contributed by atoms with E-state index in [9.17, 15) is 17.6 Å². The zero-order valence-electron chi connectivity index (χ0n) is 23.6. The first-order valence-electron chi connectivity index (χ1n) is 13.7. The molecule has 218 valence electrons. The van der Waals surface area contributed by atoms with Crippen LogP contribution in [0.1, 0.15) is 27.4 Å². The van der Waals surface area contributed by atoms with E-state index >= 15 is 0 Å². The number of ketones is 1. The summed E-state index contributed by atoms with van der Waals surface area (Å²) in [6.07, 6.45) is 1.34. The van der Waals surface area contributed by atoms with E-state index in [0.29, 0.717) is 33.2 Å². The molecule has 0 saturated carbocycles. The van der Waals surface area contributed by atoms with Crippen molar-refractivity contribution in [3.05, 3.63) is 126 Å². The number of H-pyrrole nitrogens is 1. The van der Waals surface area contributed by atoms with Gasteiger partial charge in [-0.25, -0.2) is 26.4 Å². The lowest BCUT2D eigenvalue weighted by Crippen LogP contribution is -2.19. The van der Waals surface area contributed by atoms with Gasteiger partial charge >= 0.3 is 0 Å². The van der Waals surface area contributed by atoms with Gasteiger partial charge < -0.3 is 10.7 Å². The number of nitrogens with two attached hydrogens (primary N) is 1. The third-order valence-electron chi connectivity index (χ3n) is 7.61. The van der Waals surface area contributed by atoms with Gasteiger partial charge in [0.25, 0.3) is 10.0 Å². The van der Waals surface area contributed by atoms with Gasteiger partial charge in [-0.15, -0.1) is 0 Å². The predicted octanol–water partition coefficient (Wildman–Crippen LogP) is 6.18. The maximum atomic E-state index is 14.2. The van der Waals surface area contributed by atoms with Gasteiger partial charge in [0.2, 0.25) is 5.78 Å². The zero-order valence-corrected chi connectivity index (χ0v) is 24.4. The second-order valence-corrected chi connectivity index (χ2v) is 12.4. The highest BCUT2D eigenvalue weighted by Gasteiger charge is 2.29. The number of benzene rings is 4. The summed E-state index contributed by atoms with van der Waals surface area (Å²) in [5.41, 5.74) is 11.1. The molecular formula is C33H25FN6O3S. The molecular weight excluding hydrogens is 579 g/mol. The number of imidazole rings is 1. The number of nitrogen functional groups attached to an aromatic ring is 1. The Labute approximate surface area is 251 Å². The van der Waals surface area contributed by atoms with Crippen molar-refractivity contribution >= 4 is 43.6 Å². The Morgan fingerprint density at radius 3 is 2.36 bits per heavy atom. The van der Waals surface area contributed by atoms with Crippen LogP contribution in [0.2, 0.25) is 0 Å². The number of carbonyl (C=O) groups is 1. The summed E-state index contributed by atoms with van der Waals surface area (Å²) in [6, 6.07) is 24.5. The minimum Gasteiger partial charge on any atom is -0.383 e. The molecule has 3 heterocycles. The highest BCUT2D eigenvalue weighted by atomic mass is 32.2. The molecule has 0 spiro atoms. The molecule has 44 heavy (non-hydrogen) atoms. The normalized spacial score (nSPS) is 11.9. The number of nitrogens with one attached hydrogen (secondary N) is 1. The summed E-state index contributed by atoms with van der Waals surface area (Å²) in [4.78, 5) is 21.8. The summed E-state index contributed by atoms with van der Waals surface area (Å²) in [5.74, 6) is -0.184. The fourth-order valence-electron chi connectivity index (χ4n) is 5.36. The molecule has 4 aromatic carbocycles. The van der Waals surface area contributed by atoms with Crippen LogP contribution in [0.3, 0.4) is 0 Å². The number of nitrogens with zero attached hydrogens (tertiary/aromatic N) is 4. The van der Waals surface area contributed by atoms with Crippen LogP contribution in [0.5, 0.6) is 0 Å². The lowest BCUT2D eigenvalue weighted by molar-refractivity contribution is 0.103. The minimum absolute atomic E-state index is 0.0214. The molecule has 0 unspecified atom stereocenters. The average molecular weight is 605 g/mol. The van der Waals surface area contributed by atoms with Crippen LogP contribution in [-0.2, 0) is 10.0 Å². The molecule has 0 aliphatic carbocycles. The number of aromatic nitrogens is 5. The molecule has 0 aliphatic heterocycles. The number of aryl methyl sites for hydroxylation is 2. The van der Waals surface area contributed by atoms with E-state index in [2.05, 4.69) is 15.1 Å². The quantitative estimate of drug-likeness (QED) is 0.218. The molecule has 7 rings (SSSR count). The Balaban J connectivity index is 1.40. The highest BCUT2D eigenvalue weighted by Crippen LogP contribution is 2.32. The molecule has 11 heteroatoms. The number of fused-ring (bicyclic) bond motifs is 2. The van der Waals surface area contributed by atoms with E-state index in [-0.39, 0.29) is 27.8 Å².